The maximum Gasteiger partial charge on any atom is 0.255 e. The standard InChI is InChI=1S/C18H20FN3O4/c19-12-8-11-14(26-9-18(11)3-5-20-6-4-18)7-10(12)16(24)21-13-1-2-15(23)22-17(13)25/h7-8,13,20H,1-6,9H2,(H,21,24)(H,22,23,25)/t13-/m0/s1. The van der Waals surface area contributed by atoms with Crippen LogP contribution in [0.25, 0.3) is 0 Å². The maximum absolute atomic E-state index is 14.7. The number of hydrogen-bond donors (Lipinski definition) is 3. The molecule has 3 heterocycles. The van der Waals surface area contributed by atoms with Crippen LogP contribution in [-0.2, 0) is 15.0 Å². The van der Waals surface area contributed by atoms with E-state index in [0.29, 0.717) is 12.4 Å². The van der Waals surface area contributed by atoms with E-state index in [1.54, 1.807) is 0 Å². The van der Waals surface area contributed by atoms with Gasteiger partial charge in [0.15, 0.2) is 0 Å². The molecule has 0 aliphatic carbocycles. The van der Waals surface area contributed by atoms with E-state index in [2.05, 4.69) is 16.0 Å². The summed E-state index contributed by atoms with van der Waals surface area (Å²) < 4.78 is 20.4. The van der Waals surface area contributed by atoms with Crippen LogP contribution in [0.1, 0.15) is 41.6 Å². The molecule has 3 aliphatic rings. The van der Waals surface area contributed by atoms with Crippen LogP contribution in [0, 0.1) is 5.82 Å². The Bertz CT molecular complexity index is 789. The van der Waals surface area contributed by atoms with Crippen LogP contribution in [0.5, 0.6) is 5.75 Å². The first-order valence-electron chi connectivity index (χ1n) is 8.81. The summed E-state index contributed by atoms with van der Waals surface area (Å²) in [7, 11) is 0. The van der Waals surface area contributed by atoms with E-state index in [1.807, 2.05) is 0 Å². The number of nitrogens with one attached hydrogen (secondary N) is 3. The van der Waals surface area contributed by atoms with Crippen LogP contribution in [-0.4, -0.2) is 43.5 Å². The molecule has 3 amide bonds. The Labute approximate surface area is 149 Å². The zero-order valence-corrected chi connectivity index (χ0v) is 14.2. The van der Waals surface area contributed by atoms with Crippen molar-refractivity contribution < 1.29 is 23.5 Å². The first kappa shape index (κ1) is 17.0. The molecule has 0 aromatic heterocycles. The van der Waals surface area contributed by atoms with Gasteiger partial charge in [-0.2, -0.15) is 0 Å². The Kier molecular flexibility index (Phi) is 4.14. The van der Waals surface area contributed by atoms with E-state index >= 15 is 0 Å². The van der Waals surface area contributed by atoms with Gasteiger partial charge in [-0.05, 0) is 44.5 Å². The number of fused-ring (bicyclic) bond motifs is 2. The average molecular weight is 361 g/mol. The van der Waals surface area contributed by atoms with Gasteiger partial charge in [-0.1, -0.05) is 0 Å². The lowest BCUT2D eigenvalue weighted by molar-refractivity contribution is -0.134. The Balaban J connectivity index is 1.56. The fourth-order valence-electron chi connectivity index (χ4n) is 3.94. The first-order valence-corrected chi connectivity index (χ1v) is 8.81. The zero-order valence-electron chi connectivity index (χ0n) is 14.2. The highest BCUT2D eigenvalue weighted by Crippen LogP contribution is 2.45. The van der Waals surface area contributed by atoms with Gasteiger partial charge in [0.1, 0.15) is 17.6 Å². The number of imide groups is 1. The Morgan fingerprint density at radius 2 is 2.04 bits per heavy atom. The summed E-state index contributed by atoms with van der Waals surface area (Å²) in [5.74, 6) is -1.72. The van der Waals surface area contributed by atoms with Crippen LogP contribution < -0.4 is 20.7 Å². The minimum absolute atomic E-state index is 0.142. The predicted molar refractivity (Wildman–Crippen MR) is 89.3 cm³/mol. The molecule has 0 radical (unpaired) electrons. The topological polar surface area (TPSA) is 96.5 Å². The average Bonchev–Trinajstić information content (AvgIpc) is 2.94. The van der Waals surface area contributed by atoms with Crippen molar-refractivity contribution in [3.05, 3.63) is 29.1 Å². The third-order valence-corrected chi connectivity index (χ3v) is 5.49. The van der Waals surface area contributed by atoms with Gasteiger partial charge in [0, 0.05) is 17.4 Å². The highest BCUT2D eigenvalue weighted by Gasteiger charge is 2.42. The molecule has 2 saturated heterocycles. The van der Waals surface area contributed by atoms with Crippen LogP contribution >= 0.6 is 0 Å². The zero-order chi connectivity index (χ0) is 18.3. The highest BCUT2D eigenvalue weighted by molar-refractivity contribution is 6.04. The molecule has 1 aromatic rings. The molecule has 8 heteroatoms. The van der Waals surface area contributed by atoms with Crippen LogP contribution in [0.15, 0.2) is 12.1 Å². The highest BCUT2D eigenvalue weighted by atomic mass is 19.1. The monoisotopic (exact) mass is 361 g/mol. The summed E-state index contributed by atoms with van der Waals surface area (Å²) in [4.78, 5) is 35.4. The van der Waals surface area contributed by atoms with E-state index < -0.39 is 23.7 Å². The smallest absolute Gasteiger partial charge is 0.255 e. The number of ether oxygens (including phenoxy) is 1. The molecule has 1 spiro atoms. The molecular weight excluding hydrogens is 341 g/mol. The molecule has 0 unspecified atom stereocenters. The van der Waals surface area contributed by atoms with Crippen molar-refractivity contribution in [2.45, 2.75) is 37.1 Å². The molecule has 1 aromatic carbocycles. The summed E-state index contributed by atoms with van der Waals surface area (Å²) in [6.45, 7) is 2.19. The van der Waals surface area contributed by atoms with Crippen LogP contribution in [0.3, 0.4) is 0 Å². The van der Waals surface area contributed by atoms with Gasteiger partial charge >= 0.3 is 0 Å². The minimum Gasteiger partial charge on any atom is -0.492 e. The molecule has 1 atom stereocenters. The fourth-order valence-corrected chi connectivity index (χ4v) is 3.94. The van der Waals surface area contributed by atoms with Gasteiger partial charge in [-0.15, -0.1) is 0 Å². The quantitative estimate of drug-likeness (QED) is 0.662. The molecule has 3 aliphatic heterocycles. The van der Waals surface area contributed by atoms with Crippen molar-refractivity contribution in [3.63, 3.8) is 0 Å². The van der Waals surface area contributed by atoms with E-state index in [-0.39, 0.29) is 29.7 Å². The van der Waals surface area contributed by atoms with Gasteiger partial charge in [-0.25, -0.2) is 4.39 Å². The van der Waals surface area contributed by atoms with Crippen molar-refractivity contribution in [1.29, 1.82) is 0 Å². The number of carbonyl (C=O) groups excluding carboxylic acids is 3. The van der Waals surface area contributed by atoms with Gasteiger partial charge < -0.3 is 15.4 Å². The van der Waals surface area contributed by atoms with Crippen molar-refractivity contribution in [1.82, 2.24) is 16.0 Å². The molecule has 7 nitrogen and oxygen atoms in total. The number of carbonyl (C=O) groups is 3. The Morgan fingerprint density at radius 1 is 1.27 bits per heavy atom. The SMILES string of the molecule is O=C1CC[C@H](NC(=O)c2cc3c(cc2F)C2(CCNCC2)CO3)C(=O)N1. The first-order chi connectivity index (χ1) is 12.5. The molecule has 2 fully saturated rings. The number of rotatable bonds is 2. The normalized spacial score (nSPS) is 24.0. The largest absolute Gasteiger partial charge is 0.492 e. The second-order valence-electron chi connectivity index (χ2n) is 7.12. The number of hydrogen-bond acceptors (Lipinski definition) is 5. The van der Waals surface area contributed by atoms with Crippen LogP contribution in [0.2, 0.25) is 0 Å². The van der Waals surface area contributed by atoms with Gasteiger partial charge in [-0.3, -0.25) is 19.7 Å². The third kappa shape index (κ3) is 2.84. The molecular formula is C18H20FN3O4. The van der Waals surface area contributed by atoms with E-state index in [4.69, 9.17) is 4.74 Å². The maximum atomic E-state index is 14.7. The fraction of sp³-hybridized carbons (Fsp3) is 0.500. The Morgan fingerprint density at radius 3 is 2.77 bits per heavy atom. The van der Waals surface area contributed by atoms with E-state index in [9.17, 15) is 18.8 Å². The van der Waals surface area contributed by atoms with E-state index in [1.165, 1.54) is 12.1 Å². The third-order valence-electron chi connectivity index (χ3n) is 5.49. The molecule has 4 rings (SSSR count). The number of benzene rings is 1. The lowest BCUT2D eigenvalue weighted by Gasteiger charge is -2.32. The minimum atomic E-state index is -0.843. The second kappa shape index (κ2) is 6.35. The van der Waals surface area contributed by atoms with Crippen molar-refractivity contribution in [2.24, 2.45) is 0 Å². The number of piperidine rings is 2. The van der Waals surface area contributed by atoms with Crippen molar-refractivity contribution >= 4 is 17.7 Å². The molecule has 26 heavy (non-hydrogen) atoms. The van der Waals surface area contributed by atoms with Gasteiger partial charge in [0.05, 0.1) is 12.2 Å². The Hall–Kier alpha value is -2.48. The van der Waals surface area contributed by atoms with Crippen molar-refractivity contribution in [2.75, 3.05) is 19.7 Å². The van der Waals surface area contributed by atoms with E-state index in [0.717, 1.165) is 31.5 Å². The molecule has 0 bridgehead atoms. The summed E-state index contributed by atoms with van der Waals surface area (Å²) in [6.07, 6.45) is 2.07. The number of amides is 3. The molecule has 0 saturated carbocycles. The molecule has 138 valence electrons. The van der Waals surface area contributed by atoms with Crippen molar-refractivity contribution in [3.8, 4) is 5.75 Å². The van der Waals surface area contributed by atoms with Crippen LogP contribution in [0.4, 0.5) is 4.39 Å². The summed E-state index contributed by atoms with van der Waals surface area (Å²) >= 11 is 0. The summed E-state index contributed by atoms with van der Waals surface area (Å²) in [6, 6.07) is 1.97. The second-order valence-corrected chi connectivity index (χ2v) is 7.12. The van der Waals surface area contributed by atoms with Gasteiger partial charge in [0.2, 0.25) is 11.8 Å². The lowest BCUT2D eigenvalue weighted by Crippen LogP contribution is -2.52. The predicted octanol–water partition coefficient (Wildman–Crippen LogP) is 0.374. The lowest BCUT2D eigenvalue weighted by atomic mass is 9.74. The summed E-state index contributed by atoms with van der Waals surface area (Å²) in [5.41, 5.74) is 0.466. The summed E-state index contributed by atoms with van der Waals surface area (Å²) in [5, 5.41) is 7.95. The van der Waals surface area contributed by atoms with Gasteiger partial charge in [0.25, 0.3) is 5.91 Å². The number of halogens is 1. The molecule has 3 N–H and O–H groups in total.